The standard InChI is InChI=1S/C5H10OTe/c1-2-3-4-6-5-7/h5H,2-4H2,1H3. The van der Waals surface area contributed by atoms with E-state index in [-0.39, 0.29) is 0 Å². The minimum atomic E-state index is 0.884. The van der Waals surface area contributed by atoms with Crippen LogP contribution in [0.1, 0.15) is 19.8 Å². The van der Waals surface area contributed by atoms with E-state index in [1.807, 2.05) is 21.8 Å². The fraction of sp³-hybridized carbons (Fsp3) is 0.800. The van der Waals surface area contributed by atoms with Gasteiger partial charge in [-0.3, -0.25) is 0 Å². The summed E-state index contributed by atoms with van der Waals surface area (Å²) < 4.78 is 6.70. The first-order valence-corrected chi connectivity index (χ1v) is 3.81. The molecule has 0 amide bonds. The van der Waals surface area contributed by atoms with Crippen LogP contribution in [0.15, 0.2) is 0 Å². The SMILES string of the molecule is CCCCOC=[Te]. The summed E-state index contributed by atoms with van der Waals surface area (Å²) in [6.07, 6.45) is 2.39. The van der Waals surface area contributed by atoms with Crippen LogP contribution in [-0.2, 0) is 4.74 Å². The van der Waals surface area contributed by atoms with Crippen molar-refractivity contribution in [3.05, 3.63) is 0 Å². The van der Waals surface area contributed by atoms with Gasteiger partial charge in [-0.1, -0.05) is 0 Å². The van der Waals surface area contributed by atoms with Crippen molar-refractivity contribution in [2.24, 2.45) is 0 Å². The van der Waals surface area contributed by atoms with Gasteiger partial charge in [-0.2, -0.15) is 0 Å². The third kappa shape index (κ3) is 6.46. The second-order valence-electron chi connectivity index (χ2n) is 1.32. The monoisotopic (exact) mass is 216 g/mol. The average Bonchev–Trinajstić information content (AvgIpc) is 1.69. The van der Waals surface area contributed by atoms with E-state index < -0.39 is 0 Å². The van der Waals surface area contributed by atoms with Crippen LogP contribution in [-0.4, -0.2) is 32.7 Å². The Morgan fingerprint density at radius 1 is 1.71 bits per heavy atom. The molecule has 0 spiro atoms. The fourth-order valence-corrected chi connectivity index (χ4v) is 0.550. The molecule has 0 atom stereocenters. The molecule has 42 valence electrons. The second-order valence-corrected chi connectivity index (χ2v) is 1.87. The van der Waals surface area contributed by atoms with Gasteiger partial charge >= 0.3 is 57.2 Å². The molecule has 0 aromatic carbocycles. The van der Waals surface area contributed by atoms with Gasteiger partial charge in [0.25, 0.3) is 0 Å². The van der Waals surface area contributed by atoms with Gasteiger partial charge < -0.3 is 0 Å². The van der Waals surface area contributed by atoms with Crippen LogP contribution in [0.2, 0.25) is 0 Å². The van der Waals surface area contributed by atoms with Gasteiger partial charge in [0.2, 0.25) is 0 Å². The number of ether oxygens (including phenoxy) is 1. The molecule has 0 N–H and O–H groups in total. The zero-order valence-corrected chi connectivity index (χ0v) is 6.85. The molecule has 0 radical (unpaired) electrons. The van der Waals surface area contributed by atoms with E-state index in [0.717, 1.165) is 6.61 Å². The normalized spacial score (nSPS) is 8.14. The average molecular weight is 214 g/mol. The first kappa shape index (κ1) is 7.46. The molecule has 0 aromatic rings. The van der Waals surface area contributed by atoms with Gasteiger partial charge in [0.15, 0.2) is 0 Å². The van der Waals surface area contributed by atoms with Crippen molar-refractivity contribution in [1.82, 2.24) is 0 Å². The molecule has 0 saturated carbocycles. The number of unbranched alkanes of at least 4 members (excludes halogenated alkanes) is 1. The van der Waals surface area contributed by atoms with Crippen LogP contribution in [0.4, 0.5) is 0 Å². The van der Waals surface area contributed by atoms with Crippen LogP contribution < -0.4 is 0 Å². The first-order chi connectivity index (χ1) is 3.41. The third-order valence-electron chi connectivity index (χ3n) is 0.684. The third-order valence-corrected chi connectivity index (χ3v) is 1.07. The molecule has 0 aliphatic carbocycles. The fourth-order valence-electron chi connectivity index (χ4n) is 0.276. The molecule has 0 fully saturated rings. The number of hydrogen-bond acceptors (Lipinski definition) is 1. The van der Waals surface area contributed by atoms with Gasteiger partial charge in [0, 0.05) is 0 Å². The second kappa shape index (κ2) is 6.46. The van der Waals surface area contributed by atoms with Crippen LogP contribution in [0, 0.1) is 0 Å². The van der Waals surface area contributed by atoms with E-state index in [1.54, 1.807) is 4.24 Å². The van der Waals surface area contributed by atoms with Crippen molar-refractivity contribution >= 4 is 26.1 Å². The number of rotatable bonds is 4. The van der Waals surface area contributed by atoms with Crippen molar-refractivity contribution in [2.75, 3.05) is 6.61 Å². The van der Waals surface area contributed by atoms with E-state index in [4.69, 9.17) is 4.74 Å². The molecule has 7 heavy (non-hydrogen) atoms. The van der Waals surface area contributed by atoms with Crippen LogP contribution in [0.5, 0.6) is 0 Å². The maximum absolute atomic E-state index is 4.95. The molecule has 0 aliphatic rings. The Balaban J connectivity index is 2.56. The molecule has 0 unspecified atom stereocenters. The minimum absolute atomic E-state index is 0.884. The Kier molecular flexibility index (Phi) is 6.88. The van der Waals surface area contributed by atoms with Gasteiger partial charge in [0.05, 0.1) is 0 Å². The summed E-state index contributed by atoms with van der Waals surface area (Å²) in [6.45, 7) is 3.04. The predicted octanol–water partition coefficient (Wildman–Crippen LogP) is 0.731. The Morgan fingerprint density at radius 2 is 2.43 bits per heavy atom. The van der Waals surface area contributed by atoms with E-state index in [1.165, 1.54) is 12.8 Å². The summed E-state index contributed by atoms with van der Waals surface area (Å²) >= 11 is 1.84. The summed E-state index contributed by atoms with van der Waals surface area (Å²) in [4.78, 5) is 0. The van der Waals surface area contributed by atoms with E-state index >= 15 is 0 Å². The van der Waals surface area contributed by atoms with Crippen molar-refractivity contribution in [1.29, 1.82) is 0 Å². The Bertz CT molecular complexity index is 45.3. The van der Waals surface area contributed by atoms with Crippen molar-refractivity contribution in [2.45, 2.75) is 19.8 Å². The number of hydrogen-bond donors (Lipinski definition) is 0. The Hall–Kier alpha value is 0.460. The van der Waals surface area contributed by atoms with E-state index in [0.29, 0.717) is 0 Å². The topological polar surface area (TPSA) is 9.23 Å². The predicted molar refractivity (Wildman–Crippen MR) is 32.7 cm³/mol. The summed E-state index contributed by atoms with van der Waals surface area (Å²) in [5.74, 6) is 0. The van der Waals surface area contributed by atoms with Crippen molar-refractivity contribution in [3.8, 4) is 0 Å². The quantitative estimate of drug-likeness (QED) is 0.494. The Morgan fingerprint density at radius 3 is 2.86 bits per heavy atom. The molecule has 0 saturated heterocycles. The van der Waals surface area contributed by atoms with Crippen molar-refractivity contribution in [3.63, 3.8) is 0 Å². The van der Waals surface area contributed by atoms with Gasteiger partial charge in [-0.05, 0) is 0 Å². The Labute approximate surface area is 57.4 Å². The molecule has 0 heterocycles. The molecule has 2 heteroatoms. The van der Waals surface area contributed by atoms with Gasteiger partial charge in [-0.15, -0.1) is 0 Å². The summed E-state index contributed by atoms with van der Waals surface area (Å²) in [5, 5.41) is 0. The van der Waals surface area contributed by atoms with E-state index in [2.05, 4.69) is 6.92 Å². The van der Waals surface area contributed by atoms with Crippen molar-refractivity contribution < 1.29 is 4.74 Å². The molecular formula is C5H10OTe. The van der Waals surface area contributed by atoms with Crippen LogP contribution >= 0.6 is 0 Å². The van der Waals surface area contributed by atoms with Gasteiger partial charge in [0.1, 0.15) is 0 Å². The molecule has 0 aromatic heterocycles. The summed E-state index contributed by atoms with van der Waals surface area (Å²) in [5.41, 5.74) is 0. The molecule has 1 nitrogen and oxygen atoms in total. The molecule has 0 bridgehead atoms. The molecule has 0 rings (SSSR count). The molecular weight excluding hydrogens is 204 g/mol. The van der Waals surface area contributed by atoms with Gasteiger partial charge in [-0.25, -0.2) is 0 Å². The van der Waals surface area contributed by atoms with E-state index in [9.17, 15) is 0 Å². The first-order valence-electron chi connectivity index (χ1n) is 2.47. The van der Waals surface area contributed by atoms with Crippen LogP contribution in [0.25, 0.3) is 0 Å². The molecule has 0 aliphatic heterocycles. The maximum atomic E-state index is 4.95. The van der Waals surface area contributed by atoms with Crippen LogP contribution in [0.3, 0.4) is 0 Å². The zero-order chi connectivity index (χ0) is 5.54. The summed E-state index contributed by atoms with van der Waals surface area (Å²) in [6, 6.07) is 0. The zero-order valence-electron chi connectivity index (χ0n) is 4.52. The summed E-state index contributed by atoms with van der Waals surface area (Å²) in [7, 11) is 0.